The van der Waals surface area contributed by atoms with Gasteiger partial charge >= 0.3 is 47.8 Å². The maximum Gasteiger partial charge on any atom is 0.303 e. The normalized spacial score (nSPS) is 21.9. The summed E-state index contributed by atoms with van der Waals surface area (Å²) < 4.78 is 87.6. The predicted octanol–water partition coefficient (Wildman–Crippen LogP) is 4.87. The highest BCUT2D eigenvalue weighted by molar-refractivity contribution is 6.03. The molecule has 2 aromatic carbocycles. The SMILES string of the molecule is CCCCCCCCOc1c(O[C@H]2O[C@H](COC(C)=O)[C@@H](OC(C)=O)[C@H](OC(C)=O)[C@@H]2OC(C)=O)c2ccc(NC(=O)C=Cc3cc(OC)c(O[C@@H]4O[C@H](COC(C)=O)[C@@H](OC(C)=O)[C@H](OC(C)=O)[C@@H]4OC(C)=O)c(OC)c3)cc2n(C)c1=O. The zero-order valence-electron chi connectivity index (χ0n) is 48.8. The van der Waals surface area contributed by atoms with Gasteiger partial charge in [-0.05, 0) is 48.4 Å². The average Bonchev–Trinajstić information content (AvgIpc) is 2.14. The molecule has 3 heterocycles. The Morgan fingerprint density at radius 3 is 1.44 bits per heavy atom. The van der Waals surface area contributed by atoms with E-state index in [1.54, 1.807) is 0 Å². The quantitative estimate of drug-likeness (QED) is 0.0460. The van der Waals surface area contributed by atoms with E-state index in [9.17, 15) is 47.9 Å². The van der Waals surface area contributed by atoms with Crippen molar-refractivity contribution in [3.8, 4) is 28.7 Å². The molecule has 2 fully saturated rings. The van der Waals surface area contributed by atoms with Crippen molar-refractivity contribution in [2.75, 3.05) is 39.4 Å². The predicted molar refractivity (Wildman–Crippen MR) is 290 cm³/mol. The van der Waals surface area contributed by atoms with Crippen LogP contribution in [0.25, 0.3) is 17.0 Å². The second-order valence-corrected chi connectivity index (χ2v) is 19.3. The minimum Gasteiger partial charge on any atom is -0.493 e. The van der Waals surface area contributed by atoms with Gasteiger partial charge in [0.1, 0.15) is 25.4 Å². The number of hydrogen-bond acceptors (Lipinski definition) is 25. The third-order valence-corrected chi connectivity index (χ3v) is 12.6. The molecule has 2 aliphatic rings. The fourth-order valence-corrected chi connectivity index (χ4v) is 9.13. The van der Waals surface area contributed by atoms with Gasteiger partial charge in [0, 0.05) is 79.6 Å². The van der Waals surface area contributed by atoms with Gasteiger partial charge in [0.2, 0.25) is 42.2 Å². The molecule has 1 aromatic heterocycles. The molecular formula is C57H72N2O25. The summed E-state index contributed by atoms with van der Waals surface area (Å²) in [4.78, 5) is 127. The maximum atomic E-state index is 14.4. The summed E-state index contributed by atoms with van der Waals surface area (Å²) in [6, 6.07) is 7.41. The molecule has 84 heavy (non-hydrogen) atoms. The number of anilines is 1. The number of hydrogen-bond donors (Lipinski definition) is 1. The Kier molecular flexibility index (Phi) is 24.7. The van der Waals surface area contributed by atoms with Crippen molar-refractivity contribution in [1.29, 1.82) is 0 Å². The second kappa shape index (κ2) is 31.3. The number of fused-ring (bicyclic) bond motifs is 1. The number of pyridine rings is 1. The largest absolute Gasteiger partial charge is 0.493 e. The Labute approximate surface area is 483 Å². The molecule has 460 valence electrons. The fourth-order valence-electron chi connectivity index (χ4n) is 9.13. The standard InChI is InChI=1S/C57H72N2O25/c1-13-14-15-16-17-18-23-72-52-46(83-56-53(79-35(8)66)50(77-33(6)64)48(75-31(4)62)43(81-56)27-73-29(2)60)39-21-20-38(26-40(39)59(10)55(52)69)58-45(68)22-19-37-24-41(70-11)47(42(25-37)71-12)84-57-54(80-36(9)67)51(78-34(7)65)49(76-32(5)63)44(82-57)28-74-30(3)61/h19-22,24-26,43-44,48-51,53-54,56-57H,13-18,23,27-28H2,1-12H3,(H,58,68)/t43-,44-,48-,49-,50+,51+,53+,54+,56-,57+/m1/s1. The van der Waals surface area contributed by atoms with E-state index in [-0.39, 0.29) is 51.9 Å². The molecular weight excluding hydrogens is 1110 g/mol. The number of amides is 1. The van der Waals surface area contributed by atoms with Crippen LogP contribution in [0.4, 0.5) is 5.69 Å². The van der Waals surface area contributed by atoms with Gasteiger partial charge in [0.25, 0.3) is 5.56 Å². The number of nitrogens with zero attached hydrogens (tertiary/aromatic N) is 1. The minimum atomic E-state index is -1.75. The van der Waals surface area contributed by atoms with Crippen LogP contribution < -0.4 is 34.6 Å². The average molecular weight is 1190 g/mol. The summed E-state index contributed by atoms with van der Waals surface area (Å²) >= 11 is 0. The van der Waals surface area contributed by atoms with E-state index in [0.29, 0.717) is 12.0 Å². The highest BCUT2D eigenvalue weighted by Crippen LogP contribution is 2.43. The number of carbonyl (C=O) groups is 9. The Balaban J connectivity index is 1.52. The molecule has 0 radical (unpaired) electrons. The summed E-state index contributed by atoms with van der Waals surface area (Å²) in [5, 5.41) is 2.98. The van der Waals surface area contributed by atoms with Crippen LogP contribution in [0.3, 0.4) is 0 Å². The number of rotatable bonds is 27. The van der Waals surface area contributed by atoms with Crippen molar-refractivity contribution >= 4 is 76.3 Å². The molecule has 5 rings (SSSR count). The topological polar surface area (TPSA) is 326 Å². The lowest BCUT2D eigenvalue weighted by Crippen LogP contribution is -2.63. The van der Waals surface area contributed by atoms with Gasteiger partial charge in [-0.3, -0.25) is 47.9 Å². The highest BCUT2D eigenvalue weighted by atomic mass is 16.8. The van der Waals surface area contributed by atoms with Crippen molar-refractivity contribution in [2.24, 2.45) is 7.05 Å². The van der Waals surface area contributed by atoms with Crippen LogP contribution in [0.1, 0.15) is 106 Å². The Hall–Kier alpha value is -8.46. The lowest BCUT2D eigenvalue weighted by Gasteiger charge is -2.44. The van der Waals surface area contributed by atoms with E-state index < -0.39 is 134 Å². The molecule has 0 saturated carbocycles. The van der Waals surface area contributed by atoms with Gasteiger partial charge in [-0.25, -0.2) is 0 Å². The lowest BCUT2D eigenvalue weighted by molar-refractivity contribution is -0.288. The molecule has 2 aliphatic heterocycles. The van der Waals surface area contributed by atoms with Gasteiger partial charge in [0.05, 0.1) is 26.3 Å². The molecule has 27 heteroatoms. The van der Waals surface area contributed by atoms with E-state index in [2.05, 4.69) is 12.2 Å². The first-order valence-corrected chi connectivity index (χ1v) is 26.8. The van der Waals surface area contributed by atoms with Crippen LogP contribution in [0.2, 0.25) is 0 Å². The van der Waals surface area contributed by atoms with Gasteiger partial charge in [-0.15, -0.1) is 0 Å². The monoisotopic (exact) mass is 1180 g/mol. The summed E-state index contributed by atoms with van der Waals surface area (Å²) in [6.45, 7) is 9.83. The summed E-state index contributed by atoms with van der Waals surface area (Å²) in [5.41, 5.74) is 0.0130. The van der Waals surface area contributed by atoms with Crippen LogP contribution in [-0.2, 0) is 97.6 Å². The van der Waals surface area contributed by atoms with Gasteiger partial charge in [0.15, 0.2) is 41.7 Å². The number of aromatic nitrogens is 1. The van der Waals surface area contributed by atoms with E-state index >= 15 is 0 Å². The molecule has 2 saturated heterocycles. The lowest BCUT2D eigenvalue weighted by atomic mass is 9.98. The third kappa shape index (κ3) is 18.5. The molecule has 1 amide bonds. The van der Waals surface area contributed by atoms with Crippen molar-refractivity contribution in [2.45, 2.75) is 162 Å². The molecule has 1 N–H and O–H groups in total. The molecule has 0 unspecified atom stereocenters. The number of benzene rings is 2. The molecule has 0 bridgehead atoms. The Morgan fingerprint density at radius 1 is 0.548 bits per heavy atom. The number of aryl methyl sites for hydroxylation is 1. The molecule has 27 nitrogen and oxygen atoms in total. The number of unbranched alkanes of at least 4 members (excludes halogenated alkanes) is 5. The number of esters is 8. The zero-order valence-corrected chi connectivity index (χ0v) is 48.8. The van der Waals surface area contributed by atoms with Gasteiger partial charge in [-0.1, -0.05) is 39.0 Å². The highest BCUT2D eigenvalue weighted by Gasteiger charge is 2.55. The second-order valence-electron chi connectivity index (χ2n) is 19.3. The van der Waals surface area contributed by atoms with Crippen LogP contribution in [0.15, 0.2) is 41.2 Å². The van der Waals surface area contributed by atoms with Gasteiger partial charge < -0.3 is 80.9 Å². The first-order chi connectivity index (χ1) is 39.8. The Morgan fingerprint density at radius 2 is 0.988 bits per heavy atom. The fraction of sp³-hybridized carbons (Fsp3) is 0.544. The molecule has 10 atom stereocenters. The molecule has 0 aliphatic carbocycles. The third-order valence-electron chi connectivity index (χ3n) is 12.6. The maximum absolute atomic E-state index is 14.4. The first-order valence-electron chi connectivity index (χ1n) is 26.8. The van der Waals surface area contributed by atoms with E-state index in [0.717, 1.165) is 87.5 Å². The number of ether oxygens (including phenoxy) is 15. The van der Waals surface area contributed by atoms with Crippen molar-refractivity contribution < 1.29 is 114 Å². The minimum absolute atomic E-state index is 0.00474. The molecule has 0 spiro atoms. The zero-order chi connectivity index (χ0) is 61.9. The van der Waals surface area contributed by atoms with E-state index in [4.69, 9.17) is 71.1 Å². The van der Waals surface area contributed by atoms with Crippen LogP contribution in [0, 0.1) is 0 Å². The van der Waals surface area contributed by atoms with Crippen LogP contribution in [0.5, 0.6) is 28.7 Å². The van der Waals surface area contributed by atoms with Crippen molar-refractivity contribution in [3.05, 3.63) is 52.3 Å². The van der Waals surface area contributed by atoms with Crippen LogP contribution >= 0.6 is 0 Å². The van der Waals surface area contributed by atoms with Crippen LogP contribution in [-0.4, -0.2) is 154 Å². The first kappa shape index (κ1) is 66.3. The summed E-state index contributed by atoms with van der Waals surface area (Å²) in [5.74, 6) is -7.87. The van der Waals surface area contributed by atoms with E-state index in [1.807, 2.05) is 0 Å². The summed E-state index contributed by atoms with van der Waals surface area (Å²) in [6.07, 6.45) is -7.46. The Bertz CT molecular complexity index is 2950. The number of nitrogens with one attached hydrogen (secondary N) is 1. The number of carbonyl (C=O) groups excluding carboxylic acids is 9. The smallest absolute Gasteiger partial charge is 0.303 e. The van der Waals surface area contributed by atoms with E-state index in [1.165, 1.54) is 68.3 Å². The molecule has 3 aromatic rings. The van der Waals surface area contributed by atoms with Crippen molar-refractivity contribution in [3.63, 3.8) is 0 Å². The summed E-state index contributed by atoms with van der Waals surface area (Å²) in [7, 11) is 4.07. The van der Waals surface area contributed by atoms with Crippen molar-refractivity contribution in [1.82, 2.24) is 4.57 Å². The number of methoxy groups -OCH3 is 2. The van der Waals surface area contributed by atoms with Gasteiger partial charge in [-0.2, -0.15) is 0 Å².